The number of aliphatic hydroxyl groups is 2. The monoisotopic (exact) mass is 331 g/mol. The summed E-state index contributed by atoms with van der Waals surface area (Å²) in [5, 5.41) is 20.4. The lowest BCUT2D eigenvalue weighted by Gasteiger charge is -2.26. The Balaban J connectivity index is 2.63. The van der Waals surface area contributed by atoms with E-state index < -0.39 is 11.7 Å². The molecule has 0 aliphatic heterocycles. The lowest BCUT2D eigenvalue weighted by Crippen LogP contribution is -2.37. The highest BCUT2D eigenvalue weighted by Gasteiger charge is 2.27. The number of ketones is 1. The van der Waals surface area contributed by atoms with E-state index in [9.17, 15) is 19.8 Å². The molecule has 0 saturated carbocycles. The molecular formula is C19H25NO4. The predicted octanol–water partition coefficient (Wildman–Crippen LogP) is 2.74. The highest BCUT2D eigenvalue weighted by molar-refractivity contribution is 6.03. The number of aldehydes is 1. The smallest absolute Gasteiger partial charge is 0.202 e. The standard InChI is InChI=1S/C19H25NO4/c1-14(12-17(22)16-7-5-11-20-16)8-9-18(23)19(3,24)10-4-6-15(2)13-21/h5-9,11-13,18,20,23-24H,4,10H2,1-3H3/b9-8+,14-12-,15-6+. The summed E-state index contributed by atoms with van der Waals surface area (Å²) in [6.45, 7) is 4.97. The Labute approximate surface area is 142 Å². The number of hydrogen-bond donors (Lipinski definition) is 3. The topological polar surface area (TPSA) is 90.4 Å². The van der Waals surface area contributed by atoms with Crippen molar-refractivity contribution in [3.8, 4) is 0 Å². The van der Waals surface area contributed by atoms with E-state index in [1.54, 1.807) is 44.3 Å². The Kier molecular flexibility index (Phi) is 7.55. The van der Waals surface area contributed by atoms with E-state index in [0.717, 1.165) is 6.29 Å². The van der Waals surface area contributed by atoms with Gasteiger partial charge in [0, 0.05) is 6.20 Å². The number of nitrogens with one attached hydrogen (secondary N) is 1. The van der Waals surface area contributed by atoms with Crippen molar-refractivity contribution in [1.29, 1.82) is 0 Å². The molecule has 1 heterocycles. The molecule has 0 aromatic carbocycles. The van der Waals surface area contributed by atoms with Crippen LogP contribution in [0, 0.1) is 0 Å². The van der Waals surface area contributed by atoms with Gasteiger partial charge in [-0.3, -0.25) is 9.59 Å². The van der Waals surface area contributed by atoms with Crippen LogP contribution in [0.25, 0.3) is 0 Å². The zero-order valence-electron chi connectivity index (χ0n) is 14.3. The molecule has 1 aromatic heterocycles. The minimum atomic E-state index is -1.32. The molecule has 0 fully saturated rings. The van der Waals surface area contributed by atoms with Crippen LogP contribution in [0.4, 0.5) is 0 Å². The summed E-state index contributed by atoms with van der Waals surface area (Å²) in [7, 11) is 0. The van der Waals surface area contributed by atoms with Crippen molar-refractivity contribution in [2.45, 2.75) is 45.3 Å². The minimum Gasteiger partial charge on any atom is -0.387 e. The number of carbonyl (C=O) groups is 2. The largest absolute Gasteiger partial charge is 0.387 e. The van der Waals surface area contributed by atoms with Gasteiger partial charge in [-0.15, -0.1) is 0 Å². The van der Waals surface area contributed by atoms with Crippen LogP contribution in [0.3, 0.4) is 0 Å². The van der Waals surface area contributed by atoms with Crippen molar-refractivity contribution in [2.24, 2.45) is 0 Å². The molecule has 0 radical (unpaired) electrons. The summed E-state index contributed by atoms with van der Waals surface area (Å²) in [5.74, 6) is -0.155. The molecule has 3 N–H and O–H groups in total. The number of H-pyrrole nitrogens is 1. The molecule has 0 aliphatic rings. The van der Waals surface area contributed by atoms with E-state index in [1.807, 2.05) is 0 Å². The zero-order chi connectivity index (χ0) is 18.2. The molecule has 5 heteroatoms. The molecule has 1 rings (SSSR count). The van der Waals surface area contributed by atoms with Gasteiger partial charge in [-0.25, -0.2) is 0 Å². The maximum absolute atomic E-state index is 11.9. The number of aromatic amines is 1. The molecule has 24 heavy (non-hydrogen) atoms. The van der Waals surface area contributed by atoms with Crippen LogP contribution in [0.15, 0.2) is 53.8 Å². The highest BCUT2D eigenvalue weighted by atomic mass is 16.3. The van der Waals surface area contributed by atoms with Crippen molar-refractivity contribution < 1.29 is 19.8 Å². The van der Waals surface area contributed by atoms with Crippen molar-refractivity contribution in [3.63, 3.8) is 0 Å². The average molecular weight is 331 g/mol. The van der Waals surface area contributed by atoms with Crippen LogP contribution in [0.2, 0.25) is 0 Å². The molecule has 0 spiro atoms. The SMILES string of the molecule is CC(=C/C(=O)c1ccc[nH]1)/C=C/C(O)C(C)(O)CC/C=C(\C)C=O. The van der Waals surface area contributed by atoms with E-state index in [4.69, 9.17) is 0 Å². The second-order valence-electron chi connectivity index (χ2n) is 6.10. The molecule has 0 saturated heterocycles. The quantitative estimate of drug-likeness (QED) is 0.281. The number of allylic oxidation sites excluding steroid dienone is 5. The van der Waals surface area contributed by atoms with Gasteiger partial charge >= 0.3 is 0 Å². The molecule has 0 bridgehead atoms. The van der Waals surface area contributed by atoms with Crippen LogP contribution in [-0.4, -0.2) is 39.0 Å². The summed E-state index contributed by atoms with van der Waals surface area (Å²) in [6, 6.07) is 3.43. The van der Waals surface area contributed by atoms with Gasteiger partial charge in [-0.2, -0.15) is 0 Å². The van der Waals surface area contributed by atoms with Gasteiger partial charge in [0.25, 0.3) is 0 Å². The minimum absolute atomic E-state index is 0.155. The fourth-order valence-electron chi connectivity index (χ4n) is 2.05. The van der Waals surface area contributed by atoms with E-state index in [1.165, 1.54) is 19.1 Å². The van der Waals surface area contributed by atoms with Crippen LogP contribution in [-0.2, 0) is 4.79 Å². The first-order valence-corrected chi connectivity index (χ1v) is 7.83. The van der Waals surface area contributed by atoms with Crippen LogP contribution < -0.4 is 0 Å². The highest BCUT2D eigenvalue weighted by Crippen LogP contribution is 2.19. The molecule has 5 nitrogen and oxygen atoms in total. The lowest BCUT2D eigenvalue weighted by molar-refractivity contribution is -0.104. The van der Waals surface area contributed by atoms with E-state index in [2.05, 4.69) is 4.98 Å². The summed E-state index contributed by atoms with van der Waals surface area (Å²) < 4.78 is 0. The summed E-state index contributed by atoms with van der Waals surface area (Å²) in [4.78, 5) is 25.3. The molecular weight excluding hydrogens is 306 g/mol. The number of rotatable bonds is 9. The normalized spacial score (nSPS) is 16.9. The third kappa shape index (κ3) is 6.48. The van der Waals surface area contributed by atoms with Crippen LogP contribution >= 0.6 is 0 Å². The van der Waals surface area contributed by atoms with Crippen LogP contribution in [0.1, 0.15) is 44.1 Å². The predicted molar refractivity (Wildman–Crippen MR) is 93.7 cm³/mol. The van der Waals surface area contributed by atoms with Gasteiger partial charge in [0.05, 0.1) is 11.3 Å². The Morgan fingerprint density at radius 1 is 1.38 bits per heavy atom. The first-order valence-electron chi connectivity index (χ1n) is 7.83. The molecule has 0 amide bonds. The van der Waals surface area contributed by atoms with Gasteiger partial charge in [0.2, 0.25) is 5.78 Å². The summed E-state index contributed by atoms with van der Waals surface area (Å²) >= 11 is 0. The van der Waals surface area contributed by atoms with Gasteiger partial charge in [-0.1, -0.05) is 18.2 Å². The van der Waals surface area contributed by atoms with E-state index in [0.29, 0.717) is 29.7 Å². The second kappa shape index (κ2) is 9.15. The zero-order valence-corrected chi connectivity index (χ0v) is 14.3. The average Bonchev–Trinajstić information content (AvgIpc) is 3.06. The number of aromatic nitrogens is 1. The number of hydrogen-bond acceptors (Lipinski definition) is 4. The summed E-state index contributed by atoms with van der Waals surface area (Å²) in [5.41, 5.74) is 0.436. The fraction of sp³-hybridized carbons (Fsp3) is 0.368. The molecule has 2 atom stereocenters. The molecule has 130 valence electrons. The van der Waals surface area contributed by atoms with Crippen molar-refractivity contribution >= 4 is 12.1 Å². The first-order chi connectivity index (χ1) is 11.3. The van der Waals surface area contributed by atoms with Crippen molar-refractivity contribution in [3.05, 3.63) is 59.5 Å². The second-order valence-corrected chi connectivity index (χ2v) is 6.10. The number of aliphatic hydroxyl groups excluding tert-OH is 1. The Bertz CT molecular complexity index is 636. The third-order valence-electron chi connectivity index (χ3n) is 3.70. The lowest BCUT2D eigenvalue weighted by atomic mass is 9.92. The molecule has 0 aliphatic carbocycles. The molecule has 2 unspecified atom stereocenters. The Morgan fingerprint density at radius 3 is 2.67 bits per heavy atom. The van der Waals surface area contributed by atoms with Gasteiger partial charge < -0.3 is 15.2 Å². The Hall–Kier alpha value is -2.24. The van der Waals surface area contributed by atoms with Crippen LogP contribution in [0.5, 0.6) is 0 Å². The third-order valence-corrected chi connectivity index (χ3v) is 3.70. The van der Waals surface area contributed by atoms with E-state index >= 15 is 0 Å². The van der Waals surface area contributed by atoms with Crippen molar-refractivity contribution in [2.75, 3.05) is 0 Å². The maximum Gasteiger partial charge on any atom is 0.202 e. The van der Waals surface area contributed by atoms with Gasteiger partial charge in [-0.05, 0) is 63.0 Å². The molecule has 1 aromatic rings. The van der Waals surface area contributed by atoms with E-state index in [-0.39, 0.29) is 5.78 Å². The fourth-order valence-corrected chi connectivity index (χ4v) is 2.05. The summed E-state index contributed by atoms with van der Waals surface area (Å²) in [6.07, 6.45) is 8.39. The van der Waals surface area contributed by atoms with Gasteiger partial charge in [0.15, 0.2) is 0 Å². The maximum atomic E-state index is 11.9. The first kappa shape index (κ1) is 19.8. The van der Waals surface area contributed by atoms with Gasteiger partial charge in [0.1, 0.15) is 12.4 Å². The Morgan fingerprint density at radius 2 is 2.08 bits per heavy atom. The number of carbonyl (C=O) groups excluding carboxylic acids is 2. The van der Waals surface area contributed by atoms with Crippen molar-refractivity contribution in [1.82, 2.24) is 4.98 Å².